The third kappa shape index (κ3) is 2.90. The van der Waals surface area contributed by atoms with Crippen molar-refractivity contribution in [2.75, 3.05) is 19.6 Å². The Balaban J connectivity index is 2.77. The number of likely N-dealkylation sites (tertiary alicyclic amines) is 1. The molecule has 1 N–H and O–H groups in total. The summed E-state index contributed by atoms with van der Waals surface area (Å²) in [5.41, 5.74) is 0. The Bertz CT molecular complexity index is 293. The quantitative estimate of drug-likeness (QED) is 0.815. The van der Waals surface area contributed by atoms with E-state index in [0.717, 1.165) is 12.8 Å². The van der Waals surface area contributed by atoms with E-state index in [4.69, 9.17) is 0 Å². The zero-order valence-corrected chi connectivity index (χ0v) is 10.8. The fourth-order valence-corrected chi connectivity index (χ4v) is 2.38. The van der Waals surface area contributed by atoms with Crippen LogP contribution in [0.25, 0.3) is 0 Å². The fraction of sp³-hybridized carbons (Fsp3) is 0.833. The molecule has 5 heteroatoms. The van der Waals surface area contributed by atoms with Gasteiger partial charge in [0.15, 0.2) is 0 Å². The van der Waals surface area contributed by atoms with Crippen LogP contribution in [0.5, 0.6) is 0 Å². The molecule has 0 saturated carbocycles. The van der Waals surface area contributed by atoms with Crippen LogP contribution in [0.1, 0.15) is 33.6 Å². The van der Waals surface area contributed by atoms with E-state index >= 15 is 0 Å². The van der Waals surface area contributed by atoms with E-state index < -0.39 is 12.0 Å². The zero-order chi connectivity index (χ0) is 13.0. The van der Waals surface area contributed by atoms with E-state index in [1.54, 1.807) is 4.90 Å². The highest BCUT2D eigenvalue weighted by atomic mass is 16.4. The lowest BCUT2D eigenvalue weighted by atomic mass is 10.0. The maximum Gasteiger partial charge on any atom is 0.326 e. The van der Waals surface area contributed by atoms with Gasteiger partial charge in [-0.2, -0.15) is 0 Å². The summed E-state index contributed by atoms with van der Waals surface area (Å²) in [6, 6.07) is -0.792. The predicted octanol–water partition coefficient (Wildman–Crippen LogP) is 1.63. The van der Waals surface area contributed by atoms with Gasteiger partial charge in [-0.15, -0.1) is 0 Å². The molecule has 0 aromatic carbocycles. The molecule has 0 aromatic rings. The molecule has 1 fully saturated rings. The summed E-state index contributed by atoms with van der Waals surface area (Å²) >= 11 is 0. The van der Waals surface area contributed by atoms with Gasteiger partial charge >= 0.3 is 12.0 Å². The van der Waals surface area contributed by atoms with Crippen molar-refractivity contribution in [3.8, 4) is 0 Å². The molecule has 0 spiro atoms. The number of urea groups is 1. The first-order valence-corrected chi connectivity index (χ1v) is 6.31. The average Bonchev–Trinajstić information content (AvgIpc) is 2.67. The lowest BCUT2D eigenvalue weighted by molar-refractivity contribution is -0.142. The van der Waals surface area contributed by atoms with Gasteiger partial charge in [-0.3, -0.25) is 0 Å². The van der Waals surface area contributed by atoms with Crippen LogP contribution in [0.3, 0.4) is 0 Å². The number of rotatable bonds is 4. The maximum absolute atomic E-state index is 12.2. The summed E-state index contributed by atoms with van der Waals surface area (Å²) in [6.07, 6.45) is 1.66. The summed E-state index contributed by atoms with van der Waals surface area (Å²) in [4.78, 5) is 26.6. The number of nitrogens with zero attached hydrogens (tertiary/aromatic N) is 2. The van der Waals surface area contributed by atoms with Gasteiger partial charge in [0.2, 0.25) is 0 Å². The minimum atomic E-state index is -0.893. The van der Waals surface area contributed by atoms with Gasteiger partial charge in [0.1, 0.15) is 6.04 Å². The third-order valence-electron chi connectivity index (χ3n) is 3.34. The van der Waals surface area contributed by atoms with Gasteiger partial charge in [-0.05, 0) is 25.7 Å². The standard InChI is InChI=1S/C12H22N2O3/c1-4-7-13(5-2)12(17)14-8-6-9(3)10(14)11(15)16/h9-10H,4-8H2,1-3H3,(H,15,16). The van der Waals surface area contributed by atoms with Gasteiger partial charge in [0.05, 0.1) is 0 Å². The van der Waals surface area contributed by atoms with Crippen molar-refractivity contribution in [1.29, 1.82) is 0 Å². The lowest BCUT2D eigenvalue weighted by Crippen LogP contribution is -2.49. The van der Waals surface area contributed by atoms with Gasteiger partial charge < -0.3 is 14.9 Å². The maximum atomic E-state index is 12.2. The van der Waals surface area contributed by atoms with Gasteiger partial charge in [0, 0.05) is 19.6 Å². The molecule has 0 aliphatic carbocycles. The number of aliphatic carboxylic acids is 1. The van der Waals surface area contributed by atoms with E-state index in [1.165, 1.54) is 4.90 Å². The Morgan fingerprint density at radius 2 is 2.06 bits per heavy atom. The van der Waals surface area contributed by atoms with Crippen LogP contribution in [-0.2, 0) is 4.79 Å². The topological polar surface area (TPSA) is 60.9 Å². The first kappa shape index (κ1) is 13.8. The Morgan fingerprint density at radius 3 is 2.53 bits per heavy atom. The van der Waals surface area contributed by atoms with Crippen molar-refractivity contribution >= 4 is 12.0 Å². The van der Waals surface area contributed by atoms with Crippen LogP contribution >= 0.6 is 0 Å². The van der Waals surface area contributed by atoms with Crippen molar-refractivity contribution < 1.29 is 14.7 Å². The van der Waals surface area contributed by atoms with Crippen LogP contribution < -0.4 is 0 Å². The minimum Gasteiger partial charge on any atom is -0.480 e. The Morgan fingerprint density at radius 1 is 1.41 bits per heavy atom. The Labute approximate surface area is 102 Å². The summed E-state index contributed by atoms with van der Waals surface area (Å²) in [7, 11) is 0. The largest absolute Gasteiger partial charge is 0.480 e. The molecule has 2 amide bonds. The second-order valence-corrected chi connectivity index (χ2v) is 4.60. The number of carboxylic acids is 1. The van der Waals surface area contributed by atoms with Crippen molar-refractivity contribution in [1.82, 2.24) is 9.80 Å². The molecule has 5 nitrogen and oxygen atoms in total. The molecular formula is C12H22N2O3. The number of carbonyl (C=O) groups excluding carboxylic acids is 1. The number of hydrogen-bond acceptors (Lipinski definition) is 2. The minimum absolute atomic E-state index is 0.0387. The van der Waals surface area contributed by atoms with Crippen molar-refractivity contribution in [3.63, 3.8) is 0 Å². The van der Waals surface area contributed by atoms with Crippen LogP contribution in [0.4, 0.5) is 4.79 Å². The molecule has 1 heterocycles. The van der Waals surface area contributed by atoms with Crippen molar-refractivity contribution in [3.05, 3.63) is 0 Å². The number of amides is 2. The number of hydrogen-bond donors (Lipinski definition) is 1. The molecule has 1 rings (SSSR count). The summed E-state index contributed by atoms with van der Waals surface area (Å²) < 4.78 is 0. The molecule has 2 atom stereocenters. The van der Waals surface area contributed by atoms with Crippen LogP contribution in [-0.4, -0.2) is 52.6 Å². The van der Waals surface area contributed by atoms with Crippen molar-refractivity contribution in [2.24, 2.45) is 5.92 Å². The molecule has 1 aliphatic heterocycles. The Kier molecular flexibility index (Phi) is 4.78. The summed E-state index contributed by atoms with van der Waals surface area (Å²) in [5, 5.41) is 9.17. The molecular weight excluding hydrogens is 220 g/mol. The average molecular weight is 242 g/mol. The predicted molar refractivity (Wildman–Crippen MR) is 64.8 cm³/mol. The molecule has 17 heavy (non-hydrogen) atoms. The van der Waals surface area contributed by atoms with Gasteiger partial charge in [-0.25, -0.2) is 9.59 Å². The molecule has 98 valence electrons. The van der Waals surface area contributed by atoms with E-state index in [2.05, 4.69) is 0 Å². The number of carboxylic acid groups (broad SMARTS) is 1. The monoisotopic (exact) mass is 242 g/mol. The summed E-state index contributed by atoms with van der Waals surface area (Å²) in [6.45, 7) is 7.69. The normalized spacial score (nSPS) is 23.8. The van der Waals surface area contributed by atoms with Crippen LogP contribution in [0.15, 0.2) is 0 Å². The van der Waals surface area contributed by atoms with Crippen LogP contribution in [0.2, 0.25) is 0 Å². The van der Waals surface area contributed by atoms with Gasteiger partial charge in [0.25, 0.3) is 0 Å². The third-order valence-corrected chi connectivity index (χ3v) is 3.34. The smallest absolute Gasteiger partial charge is 0.326 e. The van der Waals surface area contributed by atoms with E-state index in [9.17, 15) is 14.7 Å². The number of carbonyl (C=O) groups is 2. The molecule has 1 saturated heterocycles. The van der Waals surface area contributed by atoms with E-state index in [-0.39, 0.29) is 11.9 Å². The van der Waals surface area contributed by atoms with E-state index in [1.807, 2.05) is 20.8 Å². The molecule has 1 aliphatic rings. The second-order valence-electron chi connectivity index (χ2n) is 4.60. The van der Waals surface area contributed by atoms with Crippen molar-refractivity contribution in [2.45, 2.75) is 39.7 Å². The second kappa shape index (κ2) is 5.89. The first-order chi connectivity index (χ1) is 8.02. The molecule has 0 radical (unpaired) electrons. The van der Waals surface area contributed by atoms with Gasteiger partial charge in [-0.1, -0.05) is 13.8 Å². The SMILES string of the molecule is CCCN(CC)C(=O)N1CCC(C)C1C(=O)O. The van der Waals surface area contributed by atoms with E-state index in [0.29, 0.717) is 19.6 Å². The molecule has 0 aromatic heterocycles. The fourth-order valence-electron chi connectivity index (χ4n) is 2.38. The highest BCUT2D eigenvalue weighted by molar-refractivity contribution is 5.83. The molecule has 0 bridgehead atoms. The highest BCUT2D eigenvalue weighted by Crippen LogP contribution is 2.25. The lowest BCUT2D eigenvalue weighted by Gasteiger charge is -2.30. The summed E-state index contributed by atoms with van der Waals surface area (Å²) in [5.74, 6) is -0.854. The molecule has 2 unspecified atom stereocenters. The highest BCUT2D eigenvalue weighted by Gasteiger charge is 2.40. The first-order valence-electron chi connectivity index (χ1n) is 6.31. The van der Waals surface area contributed by atoms with Crippen LogP contribution in [0, 0.1) is 5.92 Å². The Hall–Kier alpha value is -1.26. The zero-order valence-electron chi connectivity index (χ0n) is 10.8.